The highest BCUT2D eigenvalue weighted by molar-refractivity contribution is 14.1. The molecule has 0 bridgehead atoms. The highest BCUT2D eigenvalue weighted by atomic mass is 127. The van der Waals surface area contributed by atoms with Crippen molar-refractivity contribution in [1.82, 2.24) is 0 Å². The summed E-state index contributed by atoms with van der Waals surface area (Å²) in [5.74, 6) is 0. The second-order valence-corrected chi connectivity index (χ2v) is 6.25. The van der Waals surface area contributed by atoms with E-state index in [1.165, 1.54) is 25.7 Å². The number of alkyl halides is 1. The minimum atomic E-state index is 0.408. The third kappa shape index (κ3) is 3.34. The van der Waals surface area contributed by atoms with Crippen molar-refractivity contribution in [1.29, 1.82) is 0 Å². The normalized spacial score (nSPS) is 25.6. The van der Waals surface area contributed by atoms with Crippen molar-refractivity contribution in [2.75, 3.05) is 0 Å². The summed E-state index contributed by atoms with van der Waals surface area (Å²) in [6.45, 7) is 0.643. The molecule has 2 rings (SSSR count). The van der Waals surface area contributed by atoms with E-state index >= 15 is 0 Å². The van der Waals surface area contributed by atoms with E-state index in [4.69, 9.17) is 16.3 Å². The molecule has 1 saturated carbocycles. The number of benzene rings is 1. The Morgan fingerprint density at radius 1 is 1.25 bits per heavy atom. The molecule has 0 amide bonds. The molecule has 2 atom stereocenters. The first-order chi connectivity index (χ1) is 7.77. The van der Waals surface area contributed by atoms with Gasteiger partial charge in [0.25, 0.3) is 0 Å². The highest BCUT2D eigenvalue weighted by Crippen LogP contribution is 2.28. The number of hydrogen-bond acceptors (Lipinski definition) is 1. The largest absolute Gasteiger partial charge is 0.372 e. The van der Waals surface area contributed by atoms with Crippen LogP contribution in [0.2, 0.25) is 5.02 Å². The monoisotopic (exact) mass is 350 g/mol. The van der Waals surface area contributed by atoms with Gasteiger partial charge in [-0.05, 0) is 24.5 Å². The second kappa shape index (κ2) is 6.22. The van der Waals surface area contributed by atoms with E-state index < -0.39 is 0 Å². The lowest BCUT2D eigenvalue weighted by molar-refractivity contribution is 0.0246. The van der Waals surface area contributed by atoms with Gasteiger partial charge in [-0.15, -0.1) is 0 Å². The fourth-order valence-corrected chi connectivity index (χ4v) is 3.25. The second-order valence-electron chi connectivity index (χ2n) is 4.24. The van der Waals surface area contributed by atoms with Crippen molar-refractivity contribution in [2.45, 2.75) is 42.3 Å². The molecule has 0 radical (unpaired) electrons. The number of halogens is 2. The fourth-order valence-electron chi connectivity index (χ4n) is 2.05. The van der Waals surface area contributed by atoms with Crippen LogP contribution >= 0.6 is 34.2 Å². The van der Waals surface area contributed by atoms with Crippen molar-refractivity contribution < 1.29 is 4.74 Å². The van der Waals surface area contributed by atoms with Crippen molar-refractivity contribution in [3.63, 3.8) is 0 Å². The molecule has 1 fully saturated rings. The zero-order chi connectivity index (χ0) is 11.4. The van der Waals surface area contributed by atoms with Crippen molar-refractivity contribution in [2.24, 2.45) is 0 Å². The Labute approximate surface area is 116 Å². The maximum Gasteiger partial charge on any atom is 0.0735 e. The van der Waals surface area contributed by atoms with Crippen LogP contribution in [0.25, 0.3) is 0 Å². The third-order valence-electron chi connectivity index (χ3n) is 3.03. The topological polar surface area (TPSA) is 9.23 Å². The zero-order valence-corrected chi connectivity index (χ0v) is 12.1. The summed E-state index contributed by atoms with van der Waals surface area (Å²) in [6.07, 6.45) is 5.53. The molecule has 2 unspecified atom stereocenters. The average Bonchev–Trinajstić information content (AvgIpc) is 2.30. The smallest absolute Gasteiger partial charge is 0.0735 e. The number of ether oxygens (including phenoxy) is 1. The lowest BCUT2D eigenvalue weighted by Crippen LogP contribution is -2.27. The summed E-state index contributed by atoms with van der Waals surface area (Å²) in [7, 11) is 0. The SMILES string of the molecule is Clc1ccccc1COC1CCCCC1I. The zero-order valence-electron chi connectivity index (χ0n) is 9.16. The molecule has 0 N–H and O–H groups in total. The van der Waals surface area contributed by atoms with Crippen LogP contribution < -0.4 is 0 Å². The third-order valence-corrected chi connectivity index (χ3v) is 4.83. The molecule has 1 aromatic rings. The van der Waals surface area contributed by atoms with E-state index in [9.17, 15) is 0 Å². The van der Waals surface area contributed by atoms with Gasteiger partial charge in [0, 0.05) is 8.95 Å². The minimum absolute atomic E-state index is 0.408. The maximum atomic E-state index is 6.10. The molecule has 1 nitrogen and oxygen atoms in total. The van der Waals surface area contributed by atoms with Crippen molar-refractivity contribution in [3.05, 3.63) is 34.9 Å². The Morgan fingerprint density at radius 3 is 2.75 bits per heavy atom. The summed E-state index contributed by atoms with van der Waals surface area (Å²) in [4.78, 5) is 0. The Hall–Kier alpha value is 0.200. The average molecular weight is 351 g/mol. The predicted octanol–water partition coefficient (Wildman–Crippen LogP) is 4.60. The quantitative estimate of drug-likeness (QED) is 0.572. The lowest BCUT2D eigenvalue weighted by Gasteiger charge is -2.27. The van der Waals surface area contributed by atoms with E-state index in [2.05, 4.69) is 22.6 Å². The molecule has 1 aliphatic carbocycles. The van der Waals surface area contributed by atoms with Gasteiger partial charge in [-0.3, -0.25) is 0 Å². The van der Waals surface area contributed by atoms with Gasteiger partial charge in [-0.25, -0.2) is 0 Å². The van der Waals surface area contributed by atoms with Gasteiger partial charge < -0.3 is 4.74 Å². The van der Waals surface area contributed by atoms with Crippen molar-refractivity contribution in [3.8, 4) is 0 Å². The predicted molar refractivity (Wildman–Crippen MR) is 76.3 cm³/mol. The first-order valence-electron chi connectivity index (χ1n) is 5.76. The molecule has 0 heterocycles. The van der Waals surface area contributed by atoms with Crippen LogP contribution in [0.1, 0.15) is 31.2 Å². The summed E-state index contributed by atoms with van der Waals surface area (Å²) >= 11 is 8.61. The fraction of sp³-hybridized carbons (Fsp3) is 0.538. The van der Waals surface area contributed by atoms with Gasteiger partial charge >= 0.3 is 0 Å². The molecule has 0 spiro atoms. The van der Waals surface area contributed by atoms with Gasteiger partial charge in [0.1, 0.15) is 0 Å². The maximum absolute atomic E-state index is 6.10. The van der Waals surface area contributed by atoms with Crippen LogP contribution in [0, 0.1) is 0 Å². The van der Waals surface area contributed by atoms with Gasteiger partial charge in [0.05, 0.1) is 12.7 Å². The van der Waals surface area contributed by atoms with Gasteiger partial charge in [0.2, 0.25) is 0 Å². The van der Waals surface area contributed by atoms with Gasteiger partial charge in [-0.2, -0.15) is 0 Å². The van der Waals surface area contributed by atoms with Crippen LogP contribution in [-0.2, 0) is 11.3 Å². The van der Waals surface area contributed by atoms with Crippen molar-refractivity contribution >= 4 is 34.2 Å². The Kier molecular flexibility index (Phi) is 4.92. The molecule has 0 saturated heterocycles. The molecule has 1 aliphatic rings. The van der Waals surface area contributed by atoms with E-state index in [1.54, 1.807) is 0 Å². The van der Waals surface area contributed by atoms with Crippen LogP contribution in [-0.4, -0.2) is 10.0 Å². The molecule has 3 heteroatoms. The number of rotatable bonds is 3. The van der Waals surface area contributed by atoms with Gasteiger partial charge in [0.15, 0.2) is 0 Å². The van der Waals surface area contributed by atoms with Gasteiger partial charge in [-0.1, -0.05) is 65.2 Å². The first kappa shape index (κ1) is 12.7. The van der Waals surface area contributed by atoms with Crippen LogP contribution in [0.3, 0.4) is 0 Å². The minimum Gasteiger partial charge on any atom is -0.372 e. The summed E-state index contributed by atoms with van der Waals surface area (Å²) in [6, 6.07) is 7.91. The molecule has 1 aromatic carbocycles. The molecule has 16 heavy (non-hydrogen) atoms. The lowest BCUT2D eigenvalue weighted by atomic mass is 9.98. The Bertz CT molecular complexity index is 342. The Balaban J connectivity index is 1.89. The molecule has 0 aromatic heterocycles. The van der Waals surface area contributed by atoms with E-state index in [-0.39, 0.29) is 0 Å². The molecular formula is C13H16ClIO. The summed E-state index contributed by atoms with van der Waals surface area (Å²) < 4.78 is 6.63. The van der Waals surface area contributed by atoms with Crippen LogP contribution in [0.15, 0.2) is 24.3 Å². The van der Waals surface area contributed by atoms with Crippen LogP contribution in [0.4, 0.5) is 0 Å². The van der Waals surface area contributed by atoms with E-state index in [0.717, 1.165) is 10.6 Å². The summed E-state index contributed by atoms with van der Waals surface area (Å²) in [5.41, 5.74) is 1.10. The highest BCUT2D eigenvalue weighted by Gasteiger charge is 2.23. The number of hydrogen-bond donors (Lipinski definition) is 0. The first-order valence-corrected chi connectivity index (χ1v) is 7.39. The summed E-state index contributed by atoms with van der Waals surface area (Å²) in [5, 5.41) is 0.809. The Morgan fingerprint density at radius 2 is 2.00 bits per heavy atom. The standard InChI is InChI=1S/C13H16ClIO/c14-11-6-2-1-5-10(11)9-16-13-8-4-3-7-12(13)15/h1-2,5-6,12-13H,3-4,7-9H2. The van der Waals surface area contributed by atoms with E-state index in [0.29, 0.717) is 16.6 Å². The molecule has 0 aliphatic heterocycles. The molecular weight excluding hydrogens is 334 g/mol. The van der Waals surface area contributed by atoms with E-state index in [1.807, 2.05) is 24.3 Å². The molecule has 88 valence electrons. The van der Waals surface area contributed by atoms with Crippen LogP contribution in [0.5, 0.6) is 0 Å².